The van der Waals surface area contributed by atoms with Gasteiger partial charge in [-0.05, 0) is 74.2 Å². The summed E-state index contributed by atoms with van der Waals surface area (Å²) in [5.41, 5.74) is 5.32. The van der Waals surface area contributed by atoms with Crippen LogP contribution in [0, 0.1) is 11.6 Å². The molecular weight excluding hydrogens is 626 g/mol. The van der Waals surface area contributed by atoms with Crippen LogP contribution in [0.4, 0.5) is 42.3 Å². The SMILES string of the molecule is Fc1cncc(-c2ccc3c(n2)NC2CCN3CC2)c1.O=C(Nc1cccnc1)N1c2nc(-c3cncc(F)c3)ccc2N2CCC1CC2. The van der Waals surface area contributed by atoms with Gasteiger partial charge in [-0.15, -0.1) is 0 Å². The van der Waals surface area contributed by atoms with Gasteiger partial charge in [0, 0.05) is 68.0 Å². The van der Waals surface area contributed by atoms with Crippen molar-refractivity contribution in [2.45, 2.75) is 37.8 Å². The van der Waals surface area contributed by atoms with Crippen LogP contribution >= 0.6 is 0 Å². The Kier molecular flexibility index (Phi) is 8.16. The van der Waals surface area contributed by atoms with Gasteiger partial charge in [0.05, 0.1) is 47.0 Å². The Morgan fingerprint density at radius 2 is 1.37 bits per heavy atom. The summed E-state index contributed by atoms with van der Waals surface area (Å²) < 4.78 is 26.9. The predicted octanol–water partition coefficient (Wildman–Crippen LogP) is 6.38. The lowest BCUT2D eigenvalue weighted by molar-refractivity contribution is 0.253. The van der Waals surface area contributed by atoms with Gasteiger partial charge in [-0.3, -0.25) is 19.9 Å². The number of fused-ring (bicyclic) bond motifs is 4. The maximum atomic E-state index is 13.7. The molecule has 13 heteroatoms. The summed E-state index contributed by atoms with van der Waals surface area (Å²) in [6.07, 6.45) is 12.9. The molecule has 0 saturated carbocycles. The van der Waals surface area contributed by atoms with Gasteiger partial charge in [0.15, 0.2) is 11.6 Å². The Balaban J connectivity index is 0.000000152. The number of hydrogen-bond acceptors (Lipinski definition) is 9. The van der Waals surface area contributed by atoms with E-state index in [2.05, 4.69) is 46.4 Å². The Bertz CT molecular complexity index is 1980. The zero-order chi connectivity index (χ0) is 33.3. The molecule has 0 unspecified atom stereocenters. The number of nitrogens with zero attached hydrogens (tertiary/aromatic N) is 8. The molecule has 11 heterocycles. The molecule has 5 aromatic heterocycles. The van der Waals surface area contributed by atoms with Crippen LogP contribution in [0.1, 0.15) is 25.7 Å². The quantitative estimate of drug-likeness (QED) is 0.228. The molecule has 2 fully saturated rings. The van der Waals surface area contributed by atoms with Crippen molar-refractivity contribution < 1.29 is 13.6 Å². The zero-order valence-electron chi connectivity index (χ0n) is 26.6. The topological polar surface area (TPSA) is 115 Å². The first kappa shape index (κ1) is 30.6. The van der Waals surface area contributed by atoms with Crippen LogP contribution in [-0.4, -0.2) is 69.2 Å². The minimum atomic E-state index is -0.422. The summed E-state index contributed by atoms with van der Waals surface area (Å²) in [5, 5.41) is 6.43. The standard InChI is InChI=1S/C21H19FN6O.C15H15FN4/c22-15-10-14(11-24-12-15)18-3-4-19-20(26-18)28(17-5-8-27(19)9-6-17)21(29)25-16-2-1-7-23-13-16;16-11-7-10(8-17-9-11)13-1-2-14-15(19-13)18-12-3-5-20(14)6-4-12/h1-4,7,10-13,17H,5-6,8-9H2,(H,25,29);1-2,7-9,12H,3-6H2,(H,18,19). The summed E-state index contributed by atoms with van der Waals surface area (Å²) >= 11 is 0. The van der Waals surface area contributed by atoms with E-state index in [0.29, 0.717) is 34.4 Å². The van der Waals surface area contributed by atoms with E-state index in [0.717, 1.165) is 80.9 Å². The lowest BCUT2D eigenvalue weighted by Crippen LogP contribution is -2.46. The molecule has 2 saturated heterocycles. The van der Waals surface area contributed by atoms with Crippen LogP contribution in [0.5, 0.6) is 0 Å². The van der Waals surface area contributed by atoms with Crippen molar-refractivity contribution in [3.05, 3.63) is 97.3 Å². The number of rotatable bonds is 3. The summed E-state index contributed by atoms with van der Waals surface area (Å²) in [6, 6.07) is 14.6. The number of anilines is 5. The number of nitrogens with one attached hydrogen (secondary N) is 2. The van der Waals surface area contributed by atoms with Crippen molar-refractivity contribution in [2.24, 2.45) is 0 Å². The van der Waals surface area contributed by atoms with Crippen molar-refractivity contribution in [1.82, 2.24) is 24.9 Å². The number of hydrogen-bond donors (Lipinski definition) is 2. The number of piperidine rings is 2. The van der Waals surface area contributed by atoms with E-state index < -0.39 is 5.82 Å². The molecule has 248 valence electrons. The van der Waals surface area contributed by atoms with Crippen molar-refractivity contribution in [2.75, 3.05) is 51.5 Å². The van der Waals surface area contributed by atoms with E-state index in [4.69, 9.17) is 4.98 Å². The second-order valence-electron chi connectivity index (χ2n) is 12.6. The first-order valence-electron chi connectivity index (χ1n) is 16.5. The third-order valence-electron chi connectivity index (χ3n) is 9.44. The van der Waals surface area contributed by atoms with Gasteiger partial charge in [-0.25, -0.2) is 23.5 Å². The van der Waals surface area contributed by atoms with Crippen LogP contribution in [0.15, 0.2) is 85.7 Å². The molecule has 49 heavy (non-hydrogen) atoms. The molecule has 0 spiro atoms. The number of halogens is 2. The highest BCUT2D eigenvalue weighted by Gasteiger charge is 2.37. The summed E-state index contributed by atoms with van der Waals surface area (Å²) in [6.45, 7) is 3.90. The van der Waals surface area contributed by atoms with E-state index in [1.165, 1.54) is 18.3 Å². The lowest BCUT2D eigenvalue weighted by Gasteiger charge is -2.31. The van der Waals surface area contributed by atoms with Crippen LogP contribution in [0.2, 0.25) is 0 Å². The number of aromatic nitrogens is 5. The fourth-order valence-electron chi connectivity index (χ4n) is 6.98. The maximum Gasteiger partial charge on any atom is 0.327 e. The molecule has 0 radical (unpaired) electrons. The first-order valence-corrected chi connectivity index (χ1v) is 16.5. The highest BCUT2D eigenvalue weighted by Crippen LogP contribution is 2.39. The molecule has 11 nitrogen and oxygen atoms in total. The average molecular weight is 661 g/mol. The van der Waals surface area contributed by atoms with Crippen molar-refractivity contribution >= 4 is 34.7 Å². The molecule has 6 aliphatic heterocycles. The molecule has 2 amide bonds. The van der Waals surface area contributed by atoms with Crippen LogP contribution in [0.25, 0.3) is 22.5 Å². The Hall–Kier alpha value is -5.72. The molecule has 0 atom stereocenters. The molecule has 4 bridgehead atoms. The van der Waals surface area contributed by atoms with E-state index in [9.17, 15) is 13.6 Å². The molecule has 0 aromatic carbocycles. The Morgan fingerprint density at radius 3 is 2.02 bits per heavy atom. The third-order valence-corrected chi connectivity index (χ3v) is 9.44. The largest absolute Gasteiger partial charge is 0.368 e. The molecule has 5 aromatic rings. The number of amides is 2. The van der Waals surface area contributed by atoms with E-state index in [1.54, 1.807) is 41.8 Å². The van der Waals surface area contributed by atoms with Gasteiger partial charge >= 0.3 is 6.03 Å². The second kappa shape index (κ2) is 13.1. The highest BCUT2D eigenvalue weighted by molar-refractivity contribution is 6.04. The Labute approximate surface area is 282 Å². The van der Waals surface area contributed by atoms with Gasteiger partial charge in [0.2, 0.25) is 0 Å². The highest BCUT2D eigenvalue weighted by atomic mass is 19.1. The fourth-order valence-corrected chi connectivity index (χ4v) is 6.98. The first-order chi connectivity index (χ1) is 24.0. The molecule has 6 aliphatic rings. The van der Waals surface area contributed by atoms with Crippen molar-refractivity contribution in [3.63, 3.8) is 0 Å². The van der Waals surface area contributed by atoms with Crippen LogP contribution in [-0.2, 0) is 0 Å². The fraction of sp³-hybridized carbons (Fsp3) is 0.278. The zero-order valence-corrected chi connectivity index (χ0v) is 26.6. The third kappa shape index (κ3) is 6.31. The van der Waals surface area contributed by atoms with Gasteiger partial charge in [0.1, 0.15) is 11.6 Å². The molecular formula is C36H34F2N10O. The predicted molar refractivity (Wildman–Crippen MR) is 185 cm³/mol. The van der Waals surface area contributed by atoms with Gasteiger partial charge < -0.3 is 20.4 Å². The van der Waals surface area contributed by atoms with E-state index >= 15 is 0 Å². The summed E-state index contributed by atoms with van der Waals surface area (Å²) in [4.78, 5) is 40.9. The van der Waals surface area contributed by atoms with Gasteiger partial charge in [-0.1, -0.05) is 0 Å². The number of urea groups is 1. The normalized spacial score (nSPS) is 16.5. The monoisotopic (exact) mass is 660 g/mol. The Morgan fingerprint density at radius 1 is 0.735 bits per heavy atom. The lowest BCUT2D eigenvalue weighted by atomic mass is 10.1. The smallest absolute Gasteiger partial charge is 0.327 e. The number of pyridine rings is 5. The molecule has 2 N–H and O–H groups in total. The van der Waals surface area contributed by atoms with Crippen LogP contribution < -0.4 is 25.3 Å². The summed E-state index contributed by atoms with van der Waals surface area (Å²) in [7, 11) is 0. The van der Waals surface area contributed by atoms with E-state index in [-0.39, 0.29) is 17.9 Å². The number of carbonyl (C=O) groups is 1. The maximum absolute atomic E-state index is 13.7. The van der Waals surface area contributed by atoms with Gasteiger partial charge in [-0.2, -0.15) is 0 Å². The summed E-state index contributed by atoms with van der Waals surface area (Å²) in [5.74, 6) is 0.741. The van der Waals surface area contributed by atoms with Crippen LogP contribution in [0.3, 0.4) is 0 Å². The second-order valence-corrected chi connectivity index (χ2v) is 12.6. The molecule has 11 rings (SSSR count). The van der Waals surface area contributed by atoms with Crippen molar-refractivity contribution in [1.29, 1.82) is 0 Å². The average Bonchev–Trinajstić information content (AvgIpc) is 3.55. The minimum absolute atomic E-state index is 0.0533. The minimum Gasteiger partial charge on any atom is -0.368 e. The van der Waals surface area contributed by atoms with Gasteiger partial charge in [0.25, 0.3) is 0 Å². The van der Waals surface area contributed by atoms with Crippen molar-refractivity contribution in [3.8, 4) is 22.5 Å². The molecule has 0 aliphatic carbocycles. The van der Waals surface area contributed by atoms with E-state index in [1.807, 2.05) is 18.2 Å². The number of carbonyl (C=O) groups excluding carboxylic acids is 1.